The number of rotatable bonds is 8. The highest BCUT2D eigenvalue weighted by Crippen LogP contribution is 1.93. The third kappa shape index (κ3) is 7.69. The minimum absolute atomic E-state index is 0.0396. The van der Waals surface area contributed by atoms with Crippen LogP contribution >= 0.6 is 0 Å². The molecule has 5 nitrogen and oxygen atoms in total. The van der Waals surface area contributed by atoms with E-state index in [-0.39, 0.29) is 18.9 Å². The van der Waals surface area contributed by atoms with Crippen molar-refractivity contribution in [2.24, 2.45) is 0 Å². The summed E-state index contributed by atoms with van der Waals surface area (Å²) in [6.45, 7) is 4.84. The molecule has 0 aromatic carbocycles. The van der Waals surface area contributed by atoms with Crippen molar-refractivity contribution in [3.05, 3.63) is 12.7 Å². The van der Waals surface area contributed by atoms with Crippen LogP contribution in [0.1, 0.15) is 12.8 Å². The Morgan fingerprint density at radius 2 is 2.20 bits per heavy atom. The summed E-state index contributed by atoms with van der Waals surface area (Å²) in [5.74, 6) is -0.872. The topological polar surface area (TPSA) is 69.6 Å². The molecule has 0 aliphatic rings. The first-order valence-electron chi connectivity index (χ1n) is 4.85. The van der Waals surface area contributed by atoms with Gasteiger partial charge in [-0.2, -0.15) is 0 Å². The average Bonchev–Trinajstić information content (AvgIpc) is 2.17. The van der Waals surface area contributed by atoms with Crippen LogP contribution in [0.4, 0.5) is 0 Å². The standard InChI is InChI=1S/C10H18N2O3/c1-3-6-11-8-9(13)12(2)7-4-5-10(14)15/h3,11H,1,4-8H2,2H3,(H,14,15). The van der Waals surface area contributed by atoms with Crippen molar-refractivity contribution < 1.29 is 14.7 Å². The van der Waals surface area contributed by atoms with Crippen LogP contribution in [0.15, 0.2) is 12.7 Å². The highest BCUT2D eigenvalue weighted by molar-refractivity contribution is 5.78. The highest BCUT2D eigenvalue weighted by atomic mass is 16.4. The number of carbonyl (C=O) groups is 2. The number of hydrogen-bond donors (Lipinski definition) is 2. The Bertz CT molecular complexity index is 229. The Morgan fingerprint density at radius 1 is 1.53 bits per heavy atom. The maximum Gasteiger partial charge on any atom is 0.303 e. The van der Waals surface area contributed by atoms with E-state index in [0.29, 0.717) is 19.5 Å². The summed E-state index contributed by atoms with van der Waals surface area (Å²) in [4.78, 5) is 23.1. The van der Waals surface area contributed by atoms with Gasteiger partial charge in [0.25, 0.3) is 0 Å². The highest BCUT2D eigenvalue weighted by Gasteiger charge is 2.07. The molecule has 0 saturated carbocycles. The molecule has 0 bridgehead atoms. The fraction of sp³-hybridized carbons (Fsp3) is 0.600. The zero-order valence-corrected chi connectivity index (χ0v) is 9.03. The lowest BCUT2D eigenvalue weighted by Crippen LogP contribution is -2.36. The van der Waals surface area contributed by atoms with Crippen molar-refractivity contribution in [2.45, 2.75) is 12.8 Å². The number of carboxylic acids is 1. The fourth-order valence-corrected chi connectivity index (χ4v) is 1.01. The molecule has 0 aliphatic heterocycles. The van der Waals surface area contributed by atoms with Crippen LogP contribution in [0.3, 0.4) is 0 Å². The first-order chi connectivity index (χ1) is 7.07. The van der Waals surface area contributed by atoms with Crippen LogP contribution < -0.4 is 5.32 Å². The molecule has 0 spiro atoms. The molecule has 0 heterocycles. The summed E-state index contributed by atoms with van der Waals surface area (Å²) < 4.78 is 0. The van der Waals surface area contributed by atoms with Crippen molar-refractivity contribution >= 4 is 11.9 Å². The summed E-state index contributed by atoms with van der Waals surface area (Å²) in [7, 11) is 1.67. The third-order valence-corrected chi connectivity index (χ3v) is 1.87. The number of amides is 1. The molecule has 15 heavy (non-hydrogen) atoms. The summed E-state index contributed by atoms with van der Waals surface area (Å²) in [6.07, 6.45) is 2.26. The van der Waals surface area contributed by atoms with Gasteiger partial charge in [-0.15, -0.1) is 6.58 Å². The molecule has 0 saturated heterocycles. The van der Waals surface area contributed by atoms with E-state index in [4.69, 9.17) is 5.11 Å². The molecule has 0 atom stereocenters. The Hall–Kier alpha value is -1.36. The molecule has 1 amide bonds. The maximum absolute atomic E-state index is 11.4. The van der Waals surface area contributed by atoms with E-state index in [2.05, 4.69) is 11.9 Å². The minimum atomic E-state index is -0.833. The number of carboxylic acid groups (broad SMARTS) is 1. The molecule has 0 unspecified atom stereocenters. The van der Waals surface area contributed by atoms with Crippen LogP contribution in [0, 0.1) is 0 Å². The second kappa shape index (κ2) is 7.99. The molecule has 0 radical (unpaired) electrons. The third-order valence-electron chi connectivity index (χ3n) is 1.87. The summed E-state index contributed by atoms with van der Waals surface area (Å²) in [5, 5.41) is 11.3. The van der Waals surface area contributed by atoms with Crippen molar-refractivity contribution in [1.82, 2.24) is 10.2 Å². The molecule has 0 rings (SSSR count). The largest absolute Gasteiger partial charge is 0.481 e. The second-order valence-corrected chi connectivity index (χ2v) is 3.23. The van der Waals surface area contributed by atoms with Gasteiger partial charge in [-0.25, -0.2) is 0 Å². The lowest BCUT2D eigenvalue weighted by Gasteiger charge is -2.16. The predicted molar refractivity (Wildman–Crippen MR) is 57.6 cm³/mol. The van der Waals surface area contributed by atoms with Crippen LogP contribution in [0.5, 0.6) is 0 Å². The van der Waals surface area contributed by atoms with Gasteiger partial charge in [0.2, 0.25) is 5.91 Å². The Kier molecular flexibility index (Phi) is 7.27. The molecular formula is C10H18N2O3. The molecular weight excluding hydrogens is 196 g/mol. The first-order valence-corrected chi connectivity index (χ1v) is 4.85. The van der Waals surface area contributed by atoms with Gasteiger partial charge in [0.15, 0.2) is 0 Å². The quantitative estimate of drug-likeness (QED) is 0.443. The number of aliphatic carboxylic acids is 1. The smallest absolute Gasteiger partial charge is 0.303 e. The van der Waals surface area contributed by atoms with Gasteiger partial charge in [0.1, 0.15) is 0 Å². The minimum Gasteiger partial charge on any atom is -0.481 e. The maximum atomic E-state index is 11.4. The van der Waals surface area contributed by atoms with Crippen LogP contribution in [-0.4, -0.2) is 48.6 Å². The van der Waals surface area contributed by atoms with E-state index < -0.39 is 5.97 Å². The summed E-state index contributed by atoms with van der Waals surface area (Å²) in [6, 6.07) is 0. The van der Waals surface area contributed by atoms with Gasteiger partial charge in [0.05, 0.1) is 6.54 Å². The number of nitrogens with one attached hydrogen (secondary N) is 1. The van der Waals surface area contributed by atoms with Gasteiger partial charge in [-0.05, 0) is 6.42 Å². The van der Waals surface area contributed by atoms with E-state index in [1.54, 1.807) is 13.1 Å². The number of carbonyl (C=O) groups excluding carboxylic acids is 1. The van der Waals surface area contributed by atoms with Crippen LogP contribution in [0.25, 0.3) is 0 Å². The average molecular weight is 214 g/mol. The number of nitrogens with zero attached hydrogens (tertiary/aromatic N) is 1. The van der Waals surface area contributed by atoms with Crippen LogP contribution in [-0.2, 0) is 9.59 Å². The first kappa shape index (κ1) is 13.6. The van der Waals surface area contributed by atoms with Crippen molar-refractivity contribution in [3.63, 3.8) is 0 Å². The summed E-state index contributed by atoms with van der Waals surface area (Å²) in [5.41, 5.74) is 0. The predicted octanol–water partition coefficient (Wildman–Crippen LogP) is 0.0852. The van der Waals surface area contributed by atoms with Gasteiger partial charge < -0.3 is 15.3 Å². The van der Waals surface area contributed by atoms with Gasteiger partial charge >= 0.3 is 5.97 Å². The Morgan fingerprint density at radius 3 is 2.73 bits per heavy atom. The van der Waals surface area contributed by atoms with Crippen molar-refractivity contribution in [3.8, 4) is 0 Å². The monoisotopic (exact) mass is 214 g/mol. The SMILES string of the molecule is C=CCNCC(=O)N(C)CCCC(=O)O. The van der Waals surface area contributed by atoms with Crippen LogP contribution in [0.2, 0.25) is 0 Å². The summed E-state index contributed by atoms with van der Waals surface area (Å²) >= 11 is 0. The van der Waals surface area contributed by atoms with E-state index >= 15 is 0 Å². The lowest BCUT2D eigenvalue weighted by molar-refractivity contribution is -0.137. The van der Waals surface area contributed by atoms with Gasteiger partial charge in [-0.3, -0.25) is 9.59 Å². The number of likely N-dealkylation sites (N-methyl/N-ethyl adjacent to an activating group) is 1. The molecule has 2 N–H and O–H groups in total. The fourth-order valence-electron chi connectivity index (χ4n) is 1.01. The number of hydrogen-bond acceptors (Lipinski definition) is 3. The normalized spacial score (nSPS) is 9.67. The molecule has 5 heteroatoms. The zero-order valence-electron chi connectivity index (χ0n) is 9.03. The van der Waals surface area contributed by atoms with Crippen molar-refractivity contribution in [2.75, 3.05) is 26.7 Å². The zero-order chi connectivity index (χ0) is 11.7. The Labute approximate surface area is 89.8 Å². The van der Waals surface area contributed by atoms with E-state index in [9.17, 15) is 9.59 Å². The Balaban J connectivity index is 3.59. The molecule has 0 aliphatic carbocycles. The van der Waals surface area contributed by atoms with E-state index in [1.807, 2.05) is 0 Å². The van der Waals surface area contributed by atoms with E-state index in [1.165, 1.54) is 4.90 Å². The second-order valence-electron chi connectivity index (χ2n) is 3.23. The van der Waals surface area contributed by atoms with Gasteiger partial charge in [-0.1, -0.05) is 6.08 Å². The molecule has 0 aromatic rings. The molecule has 0 aromatic heterocycles. The van der Waals surface area contributed by atoms with E-state index in [0.717, 1.165) is 0 Å². The lowest BCUT2D eigenvalue weighted by atomic mass is 10.3. The molecule has 0 fully saturated rings. The van der Waals surface area contributed by atoms with Gasteiger partial charge in [0, 0.05) is 26.6 Å². The molecule has 86 valence electrons. The van der Waals surface area contributed by atoms with Crippen molar-refractivity contribution in [1.29, 1.82) is 0 Å².